The lowest BCUT2D eigenvalue weighted by Crippen LogP contribution is -2.60. The van der Waals surface area contributed by atoms with Crippen LogP contribution in [-0.2, 0) is 14.2 Å². The van der Waals surface area contributed by atoms with Gasteiger partial charge in [0.05, 0.1) is 24.9 Å². The highest BCUT2D eigenvalue weighted by Crippen LogP contribution is 2.31. The Morgan fingerprint density at radius 3 is 2.65 bits per heavy atom. The van der Waals surface area contributed by atoms with Gasteiger partial charge in [-0.1, -0.05) is 0 Å². The first kappa shape index (κ1) is 18.3. The third-order valence-corrected chi connectivity index (χ3v) is 4.38. The van der Waals surface area contributed by atoms with Crippen molar-refractivity contribution in [2.45, 2.75) is 62.2 Å². The van der Waals surface area contributed by atoms with Gasteiger partial charge in [-0.15, -0.1) is 0 Å². The van der Waals surface area contributed by atoms with Crippen LogP contribution in [0.15, 0.2) is 11.6 Å². The predicted molar refractivity (Wildman–Crippen MR) is 77.0 cm³/mol. The second-order valence-corrected chi connectivity index (χ2v) is 5.80. The molecule has 1 saturated carbocycles. The van der Waals surface area contributed by atoms with Gasteiger partial charge in [-0.05, 0) is 18.4 Å². The average Bonchev–Trinajstić information content (AvgIpc) is 2.57. The molecule has 0 aromatic rings. The summed E-state index contributed by atoms with van der Waals surface area (Å²) in [5.41, 5.74) is 0.762. The summed E-state index contributed by atoms with van der Waals surface area (Å²) >= 11 is 0. The van der Waals surface area contributed by atoms with E-state index in [1.54, 1.807) is 7.11 Å². The zero-order chi connectivity index (χ0) is 17.0. The summed E-state index contributed by atoms with van der Waals surface area (Å²) in [6.07, 6.45) is -3.89. The number of aliphatic hydroxyl groups excluding tert-OH is 4. The van der Waals surface area contributed by atoms with Gasteiger partial charge in [0.15, 0.2) is 6.29 Å². The highest BCUT2D eigenvalue weighted by atomic mass is 16.7. The lowest BCUT2D eigenvalue weighted by Gasteiger charge is -2.42. The standard InChI is InChI=1S/C15H23NO7/c1-21-9-3-2-8(4-5-16)10(6-9)22-15-14(20)13(19)12(18)11(7-17)23-15/h4,9-15,17-20H,2-3,6-7H2,1H3/b8-4-/t9-,10-,11-,12-,13+,14-,15-/m1/s1. The molecule has 1 saturated heterocycles. The Kier molecular flexibility index (Phi) is 6.50. The smallest absolute Gasteiger partial charge is 0.187 e. The predicted octanol–water partition coefficient (Wildman–Crippen LogP) is -1.18. The van der Waals surface area contributed by atoms with Crippen molar-refractivity contribution in [3.8, 4) is 6.07 Å². The molecule has 0 unspecified atom stereocenters. The van der Waals surface area contributed by atoms with E-state index in [1.165, 1.54) is 6.08 Å². The topological polar surface area (TPSA) is 132 Å². The number of ether oxygens (including phenoxy) is 3. The fourth-order valence-electron chi connectivity index (χ4n) is 2.94. The lowest BCUT2D eigenvalue weighted by atomic mass is 9.89. The molecule has 2 aliphatic rings. The zero-order valence-corrected chi connectivity index (χ0v) is 12.9. The Morgan fingerprint density at radius 2 is 2.04 bits per heavy atom. The van der Waals surface area contributed by atoms with Gasteiger partial charge >= 0.3 is 0 Å². The quantitative estimate of drug-likeness (QED) is 0.474. The number of nitriles is 1. The first-order valence-corrected chi connectivity index (χ1v) is 7.59. The minimum atomic E-state index is -1.49. The first-order valence-electron chi connectivity index (χ1n) is 7.59. The largest absolute Gasteiger partial charge is 0.394 e. The van der Waals surface area contributed by atoms with Crippen LogP contribution >= 0.6 is 0 Å². The Labute approximate surface area is 134 Å². The van der Waals surface area contributed by atoms with E-state index < -0.39 is 43.4 Å². The van der Waals surface area contributed by atoms with Crippen molar-refractivity contribution in [3.05, 3.63) is 11.6 Å². The molecule has 8 nitrogen and oxygen atoms in total. The molecule has 0 aromatic carbocycles. The van der Waals surface area contributed by atoms with Gasteiger partial charge < -0.3 is 34.6 Å². The molecule has 8 heteroatoms. The van der Waals surface area contributed by atoms with Crippen molar-refractivity contribution in [2.24, 2.45) is 0 Å². The Hall–Kier alpha value is -1.05. The second-order valence-electron chi connectivity index (χ2n) is 5.80. The van der Waals surface area contributed by atoms with Crippen LogP contribution in [0.5, 0.6) is 0 Å². The maximum absolute atomic E-state index is 10.0. The first-order chi connectivity index (χ1) is 11.0. The summed E-state index contributed by atoms with van der Waals surface area (Å²) in [7, 11) is 1.59. The van der Waals surface area contributed by atoms with Gasteiger partial charge in [-0.25, -0.2) is 0 Å². The van der Waals surface area contributed by atoms with Gasteiger partial charge in [0.25, 0.3) is 0 Å². The molecule has 130 valence electrons. The SMILES string of the molecule is CO[C@@H]1CC/C(=C/C#N)[C@H](O[C@@H]2O[C@H](CO)[C@@H](O)[C@H](O)[C@H]2O)C1. The highest BCUT2D eigenvalue weighted by molar-refractivity contribution is 5.20. The average molecular weight is 329 g/mol. The third kappa shape index (κ3) is 4.08. The third-order valence-electron chi connectivity index (χ3n) is 4.38. The van der Waals surface area contributed by atoms with Crippen molar-refractivity contribution in [2.75, 3.05) is 13.7 Å². The summed E-state index contributed by atoms with van der Waals surface area (Å²) in [6, 6.07) is 1.97. The summed E-state index contributed by atoms with van der Waals surface area (Å²) in [5.74, 6) is 0. The molecule has 0 aromatic heterocycles. The van der Waals surface area contributed by atoms with E-state index in [0.29, 0.717) is 12.8 Å². The van der Waals surface area contributed by atoms with Gasteiger partial charge in [-0.3, -0.25) is 0 Å². The molecule has 0 bridgehead atoms. The summed E-state index contributed by atoms with van der Waals surface area (Å²) in [6.45, 7) is -0.517. The summed E-state index contributed by atoms with van der Waals surface area (Å²) in [5, 5.41) is 47.7. The van der Waals surface area contributed by atoms with Crippen LogP contribution in [0.4, 0.5) is 0 Å². The van der Waals surface area contributed by atoms with Crippen LogP contribution in [0.3, 0.4) is 0 Å². The maximum atomic E-state index is 10.0. The van der Waals surface area contributed by atoms with Crippen LogP contribution in [-0.4, -0.2) is 77.1 Å². The van der Waals surface area contributed by atoms with Crippen molar-refractivity contribution in [1.29, 1.82) is 5.26 Å². The number of methoxy groups -OCH3 is 1. The van der Waals surface area contributed by atoms with Crippen LogP contribution in [0.25, 0.3) is 0 Å². The fourth-order valence-corrected chi connectivity index (χ4v) is 2.94. The molecule has 23 heavy (non-hydrogen) atoms. The minimum Gasteiger partial charge on any atom is -0.394 e. The van der Waals surface area contributed by atoms with E-state index in [2.05, 4.69) is 0 Å². The van der Waals surface area contributed by atoms with E-state index in [4.69, 9.17) is 19.5 Å². The van der Waals surface area contributed by atoms with Gasteiger partial charge in [0.1, 0.15) is 24.4 Å². The number of nitrogens with zero attached hydrogens (tertiary/aromatic N) is 1. The Balaban J connectivity index is 2.10. The van der Waals surface area contributed by atoms with Gasteiger partial charge in [0.2, 0.25) is 0 Å². The molecule has 1 heterocycles. The normalized spacial score (nSPS) is 43.3. The van der Waals surface area contributed by atoms with Crippen LogP contribution in [0.2, 0.25) is 0 Å². The molecule has 0 spiro atoms. The lowest BCUT2D eigenvalue weighted by molar-refractivity contribution is -0.310. The zero-order valence-electron chi connectivity index (χ0n) is 12.9. The molecule has 2 rings (SSSR count). The van der Waals surface area contributed by atoms with Crippen LogP contribution < -0.4 is 0 Å². The van der Waals surface area contributed by atoms with E-state index in [-0.39, 0.29) is 6.10 Å². The molecule has 0 radical (unpaired) electrons. The maximum Gasteiger partial charge on any atom is 0.187 e. The van der Waals surface area contributed by atoms with Crippen molar-refractivity contribution in [3.63, 3.8) is 0 Å². The van der Waals surface area contributed by atoms with Crippen molar-refractivity contribution >= 4 is 0 Å². The number of rotatable bonds is 4. The molecule has 7 atom stereocenters. The van der Waals surface area contributed by atoms with E-state index in [1.807, 2.05) is 6.07 Å². The molecule has 4 N–H and O–H groups in total. The Bertz CT molecular complexity index is 461. The van der Waals surface area contributed by atoms with E-state index >= 15 is 0 Å². The summed E-state index contributed by atoms with van der Waals surface area (Å²) < 4.78 is 16.4. The van der Waals surface area contributed by atoms with Crippen LogP contribution in [0.1, 0.15) is 19.3 Å². The molecule has 2 fully saturated rings. The number of allylic oxidation sites excluding steroid dienone is 1. The van der Waals surface area contributed by atoms with Crippen molar-refractivity contribution < 1.29 is 34.6 Å². The number of hydrogen-bond donors (Lipinski definition) is 4. The monoisotopic (exact) mass is 329 g/mol. The molecule has 0 amide bonds. The number of aliphatic hydroxyl groups is 4. The summed E-state index contributed by atoms with van der Waals surface area (Å²) in [4.78, 5) is 0. The highest BCUT2D eigenvalue weighted by Gasteiger charge is 2.45. The molecule has 1 aliphatic carbocycles. The van der Waals surface area contributed by atoms with E-state index in [9.17, 15) is 20.4 Å². The Morgan fingerprint density at radius 1 is 1.30 bits per heavy atom. The van der Waals surface area contributed by atoms with E-state index in [0.717, 1.165) is 12.0 Å². The van der Waals surface area contributed by atoms with Gasteiger partial charge in [0, 0.05) is 19.6 Å². The van der Waals surface area contributed by atoms with Gasteiger partial charge in [-0.2, -0.15) is 5.26 Å². The number of hydrogen-bond acceptors (Lipinski definition) is 8. The molecular formula is C15H23NO7. The fraction of sp³-hybridized carbons (Fsp3) is 0.800. The van der Waals surface area contributed by atoms with Crippen molar-refractivity contribution in [1.82, 2.24) is 0 Å². The minimum absolute atomic E-state index is 0.0410. The van der Waals surface area contributed by atoms with Crippen LogP contribution in [0, 0.1) is 11.3 Å². The second kappa shape index (κ2) is 8.17. The molecular weight excluding hydrogens is 306 g/mol. The molecule has 1 aliphatic heterocycles.